The molecule has 0 fully saturated rings. The number of pyridine rings is 1. The van der Waals surface area contributed by atoms with Crippen LogP contribution in [0.2, 0.25) is 0 Å². The molecule has 0 spiro atoms. The van der Waals surface area contributed by atoms with Crippen LogP contribution in [0.5, 0.6) is 0 Å². The summed E-state index contributed by atoms with van der Waals surface area (Å²) in [6.07, 6.45) is 3.77. The van der Waals surface area contributed by atoms with Crippen LogP contribution in [-0.2, 0) is 0 Å². The van der Waals surface area contributed by atoms with Crippen molar-refractivity contribution < 1.29 is 0 Å². The number of hydrogen-bond acceptors (Lipinski definition) is 2. The number of benzene rings is 2. The Balaban J connectivity index is 2.08. The molecule has 2 nitrogen and oxygen atoms in total. The van der Waals surface area contributed by atoms with Gasteiger partial charge in [0.2, 0.25) is 0 Å². The van der Waals surface area contributed by atoms with Gasteiger partial charge in [-0.3, -0.25) is 4.98 Å². The van der Waals surface area contributed by atoms with Gasteiger partial charge < -0.3 is 4.98 Å². The van der Waals surface area contributed by atoms with Crippen LogP contribution in [0.4, 0.5) is 0 Å². The van der Waals surface area contributed by atoms with E-state index in [1.165, 1.54) is 42.0 Å². The highest BCUT2D eigenvalue weighted by molar-refractivity contribution is 7.26. The maximum atomic E-state index is 4.20. The highest BCUT2D eigenvalue weighted by atomic mass is 32.1. The number of nitrogens with zero attached hydrogens (tertiary/aromatic N) is 1. The van der Waals surface area contributed by atoms with Crippen molar-refractivity contribution in [3.63, 3.8) is 0 Å². The topological polar surface area (TPSA) is 28.7 Å². The summed E-state index contributed by atoms with van der Waals surface area (Å²) in [6, 6.07) is 15.0. The molecule has 94 valence electrons. The first-order valence-corrected chi connectivity index (χ1v) is 7.39. The summed E-state index contributed by atoms with van der Waals surface area (Å²) >= 11 is 1.86. The molecule has 0 saturated heterocycles. The Hall–Kier alpha value is -2.39. The fourth-order valence-corrected chi connectivity index (χ4v) is 4.17. The van der Waals surface area contributed by atoms with Gasteiger partial charge in [0, 0.05) is 38.6 Å². The Morgan fingerprint density at radius 1 is 0.850 bits per heavy atom. The second-order valence-electron chi connectivity index (χ2n) is 5.01. The summed E-state index contributed by atoms with van der Waals surface area (Å²) in [5.74, 6) is 0. The number of nitrogens with one attached hydrogen (secondary N) is 1. The normalized spacial score (nSPS) is 12.0. The van der Waals surface area contributed by atoms with Crippen LogP contribution >= 0.6 is 11.3 Å². The second-order valence-corrected chi connectivity index (χ2v) is 6.06. The molecule has 3 heterocycles. The van der Waals surface area contributed by atoms with E-state index in [1.54, 1.807) is 0 Å². The fourth-order valence-electron chi connectivity index (χ4n) is 2.98. The Bertz CT molecular complexity index is 1100. The quantitative estimate of drug-likeness (QED) is 0.419. The van der Waals surface area contributed by atoms with Gasteiger partial charge in [0.1, 0.15) is 0 Å². The highest BCUT2D eigenvalue weighted by Gasteiger charge is 2.12. The van der Waals surface area contributed by atoms with Crippen LogP contribution in [0.1, 0.15) is 0 Å². The first kappa shape index (κ1) is 10.4. The standard InChI is InChI=1S/C17H10N2S/c1-2-4-14-12(3-1)16-17(20-14)13-6-5-10-9-18-8-7-11(10)15(13)19-16/h1-9,19H. The van der Waals surface area contributed by atoms with Crippen molar-refractivity contribution >= 4 is 53.3 Å². The lowest BCUT2D eigenvalue weighted by Gasteiger charge is -1.98. The number of H-pyrrole nitrogens is 1. The molecular weight excluding hydrogens is 264 g/mol. The van der Waals surface area contributed by atoms with Crippen molar-refractivity contribution in [2.75, 3.05) is 0 Å². The first-order chi connectivity index (χ1) is 9.92. The summed E-state index contributed by atoms with van der Waals surface area (Å²) in [5, 5.41) is 5.04. The minimum Gasteiger partial charge on any atom is -0.353 e. The second kappa shape index (κ2) is 3.58. The van der Waals surface area contributed by atoms with E-state index < -0.39 is 0 Å². The minimum atomic E-state index is 1.18. The molecule has 0 aliphatic carbocycles. The van der Waals surface area contributed by atoms with Gasteiger partial charge in [-0.15, -0.1) is 11.3 Å². The Labute approximate surface area is 118 Å². The lowest BCUT2D eigenvalue weighted by molar-refractivity contribution is 1.37. The number of rotatable bonds is 0. The molecule has 3 heteroatoms. The number of aromatic nitrogens is 2. The van der Waals surface area contributed by atoms with E-state index in [0.29, 0.717) is 0 Å². The highest BCUT2D eigenvalue weighted by Crippen LogP contribution is 2.40. The average Bonchev–Trinajstić information content (AvgIpc) is 3.03. The smallest absolute Gasteiger partial charge is 0.0654 e. The maximum Gasteiger partial charge on any atom is 0.0654 e. The zero-order valence-corrected chi connectivity index (χ0v) is 11.4. The molecule has 0 atom stereocenters. The van der Waals surface area contributed by atoms with Crippen LogP contribution in [0.15, 0.2) is 54.9 Å². The van der Waals surface area contributed by atoms with E-state index in [9.17, 15) is 0 Å². The van der Waals surface area contributed by atoms with Gasteiger partial charge in [0.25, 0.3) is 0 Å². The van der Waals surface area contributed by atoms with Crippen molar-refractivity contribution in [3.8, 4) is 0 Å². The number of hydrogen-bond donors (Lipinski definition) is 1. The van der Waals surface area contributed by atoms with Crippen molar-refractivity contribution in [1.82, 2.24) is 9.97 Å². The van der Waals surface area contributed by atoms with Crippen molar-refractivity contribution in [2.45, 2.75) is 0 Å². The zero-order valence-electron chi connectivity index (χ0n) is 10.6. The summed E-state index contributed by atoms with van der Waals surface area (Å²) in [4.78, 5) is 7.83. The van der Waals surface area contributed by atoms with E-state index in [1.807, 2.05) is 23.7 Å². The summed E-state index contributed by atoms with van der Waals surface area (Å²) in [7, 11) is 0. The number of aromatic amines is 1. The molecule has 1 N–H and O–H groups in total. The van der Waals surface area contributed by atoms with Gasteiger partial charge in [0.05, 0.1) is 15.7 Å². The molecule has 5 aromatic rings. The van der Waals surface area contributed by atoms with Gasteiger partial charge in [-0.2, -0.15) is 0 Å². The first-order valence-electron chi connectivity index (χ1n) is 6.57. The van der Waals surface area contributed by atoms with Crippen LogP contribution in [0, 0.1) is 0 Å². The molecule has 0 unspecified atom stereocenters. The number of thiophene rings is 1. The molecule has 0 amide bonds. The van der Waals surface area contributed by atoms with Crippen molar-refractivity contribution in [2.24, 2.45) is 0 Å². The molecule has 0 aliphatic heterocycles. The van der Waals surface area contributed by atoms with Gasteiger partial charge in [-0.05, 0) is 12.1 Å². The van der Waals surface area contributed by atoms with Crippen LogP contribution in [0.25, 0.3) is 42.0 Å². The van der Waals surface area contributed by atoms with Crippen LogP contribution < -0.4 is 0 Å². The molecule has 2 aromatic carbocycles. The summed E-state index contributed by atoms with van der Waals surface area (Å²) in [6.45, 7) is 0. The summed E-state index contributed by atoms with van der Waals surface area (Å²) < 4.78 is 2.69. The third-order valence-electron chi connectivity index (χ3n) is 3.91. The lowest BCUT2D eigenvalue weighted by Crippen LogP contribution is -1.77. The van der Waals surface area contributed by atoms with E-state index in [4.69, 9.17) is 0 Å². The Morgan fingerprint density at radius 3 is 2.80 bits per heavy atom. The van der Waals surface area contributed by atoms with Gasteiger partial charge in [0.15, 0.2) is 0 Å². The molecule has 0 radical (unpaired) electrons. The zero-order chi connectivity index (χ0) is 13.1. The van der Waals surface area contributed by atoms with E-state index in [2.05, 4.69) is 52.4 Å². The van der Waals surface area contributed by atoms with Gasteiger partial charge in [-0.25, -0.2) is 0 Å². The van der Waals surface area contributed by atoms with Crippen LogP contribution in [0.3, 0.4) is 0 Å². The fraction of sp³-hybridized carbons (Fsp3) is 0. The molecule has 5 rings (SSSR count). The van der Waals surface area contributed by atoms with E-state index >= 15 is 0 Å². The molecule has 20 heavy (non-hydrogen) atoms. The molecule has 3 aromatic heterocycles. The van der Waals surface area contributed by atoms with E-state index in [-0.39, 0.29) is 0 Å². The van der Waals surface area contributed by atoms with Gasteiger partial charge in [-0.1, -0.05) is 30.3 Å². The Kier molecular flexibility index (Phi) is 1.86. The third-order valence-corrected chi connectivity index (χ3v) is 5.11. The molecule has 0 bridgehead atoms. The third kappa shape index (κ3) is 1.20. The van der Waals surface area contributed by atoms with Crippen molar-refractivity contribution in [3.05, 3.63) is 54.9 Å². The maximum absolute atomic E-state index is 4.20. The predicted molar refractivity (Wildman–Crippen MR) is 86.5 cm³/mol. The Morgan fingerprint density at radius 2 is 1.80 bits per heavy atom. The minimum absolute atomic E-state index is 1.18. The van der Waals surface area contributed by atoms with E-state index in [0.717, 1.165) is 0 Å². The lowest BCUT2D eigenvalue weighted by atomic mass is 10.1. The summed E-state index contributed by atoms with van der Waals surface area (Å²) in [5.41, 5.74) is 2.47. The predicted octanol–water partition coefficient (Wildman–Crippen LogP) is 5.08. The van der Waals surface area contributed by atoms with Crippen LogP contribution in [-0.4, -0.2) is 9.97 Å². The monoisotopic (exact) mass is 274 g/mol. The largest absolute Gasteiger partial charge is 0.353 e. The molecular formula is C17H10N2S. The molecule has 0 saturated carbocycles. The molecule has 0 aliphatic rings. The average molecular weight is 274 g/mol. The van der Waals surface area contributed by atoms with Crippen molar-refractivity contribution in [1.29, 1.82) is 0 Å². The number of fused-ring (bicyclic) bond motifs is 7. The SMILES string of the molecule is c1ccc2c(c1)sc1c3ccc4cnccc4c3[nH]c21. The van der Waals surface area contributed by atoms with Gasteiger partial charge >= 0.3 is 0 Å².